The van der Waals surface area contributed by atoms with Gasteiger partial charge in [0, 0.05) is 37.1 Å². The number of rotatable bonds is 6. The Balaban J connectivity index is 2.19. The van der Waals surface area contributed by atoms with Gasteiger partial charge in [0.05, 0.1) is 5.69 Å². The Morgan fingerprint density at radius 3 is 2.70 bits per heavy atom. The second kappa shape index (κ2) is 6.66. The molecule has 1 unspecified atom stereocenters. The second-order valence-electron chi connectivity index (χ2n) is 5.43. The summed E-state index contributed by atoms with van der Waals surface area (Å²) in [6, 6.07) is 4.91. The predicted molar refractivity (Wildman–Crippen MR) is 81.7 cm³/mol. The first-order valence-electron chi connectivity index (χ1n) is 7.29. The minimum Gasteiger partial charge on any atom is -0.310 e. The van der Waals surface area contributed by atoms with Gasteiger partial charge in [-0.3, -0.25) is 9.67 Å². The molecule has 0 aromatic carbocycles. The highest BCUT2D eigenvalue weighted by atomic mass is 15.3. The van der Waals surface area contributed by atoms with Crippen molar-refractivity contribution in [3.05, 3.63) is 47.5 Å². The fourth-order valence-electron chi connectivity index (χ4n) is 2.40. The quantitative estimate of drug-likeness (QED) is 0.879. The Labute approximate surface area is 121 Å². The van der Waals surface area contributed by atoms with Crippen LogP contribution >= 0.6 is 0 Å². The van der Waals surface area contributed by atoms with Crippen molar-refractivity contribution in [1.82, 2.24) is 20.1 Å². The molecule has 0 spiro atoms. The monoisotopic (exact) mass is 272 g/mol. The number of hydrogen-bond acceptors (Lipinski definition) is 3. The molecule has 0 saturated carbocycles. The third-order valence-electron chi connectivity index (χ3n) is 3.50. The largest absolute Gasteiger partial charge is 0.310 e. The summed E-state index contributed by atoms with van der Waals surface area (Å²) in [5.74, 6) is 0. The van der Waals surface area contributed by atoms with Crippen LogP contribution in [0.4, 0.5) is 0 Å². The number of pyridine rings is 1. The average Bonchev–Trinajstić information content (AvgIpc) is 2.88. The van der Waals surface area contributed by atoms with Gasteiger partial charge in [0.15, 0.2) is 0 Å². The van der Waals surface area contributed by atoms with E-state index in [4.69, 9.17) is 0 Å². The van der Waals surface area contributed by atoms with E-state index in [1.165, 1.54) is 11.1 Å². The molecule has 2 aromatic rings. The lowest BCUT2D eigenvalue weighted by atomic mass is 9.99. The number of nitrogens with one attached hydrogen (secondary N) is 1. The van der Waals surface area contributed by atoms with Gasteiger partial charge in [0.25, 0.3) is 0 Å². The first kappa shape index (κ1) is 14.7. The molecule has 2 rings (SSSR count). The summed E-state index contributed by atoms with van der Waals surface area (Å²) in [6.07, 6.45) is 6.74. The molecule has 0 aliphatic heterocycles. The van der Waals surface area contributed by atoms with Gasteiger partial charge in [-0.25, -0.2) is 0 Å². The van der Waals surface area contributed by atoms with Gasteiger partial charge in [-0.1, -0.05) is 6.92 Å². The molecule has 0 aliphatic rings. The van der Waals surface area contributed by atoms with Crippen LogP contribution in [0.15, 0.2) is 30.7 Å². The maximum absolute atomic E-state index is 4.65. The van der Waals surface area contributed by atoms with Gasteiger partial charge in [-0.05, 0) is 50.6 Å². The maximum atomic E-state index is 4.65. The zero-order valence-electron chi connectivity index (χ0n) is 12.8. The average molecular weight is 272 g/mol. The minimum atomic E-state index is 0.290. The molecule has 1 N–H and O–H groups in total. The predicted octanol–water partition coefficient (Wildman–Crippen LogP) is 3.06. The van der Waals surface area contributed by atoms with Crippen molar-refractivity contribution in [2.75, 3.05) is 6.54 Å². The topological polar surface area (TPSA) is 42.7 Å². The van der Waals surface area contributed by atoms with Gasteiger partial charge >= 0.3 is 0 Å². The molecule has 4 heteroatoms. The molecular weight excluding hydrogens is 248 g/mol. The fraction of sp³-hybridized carbons (Fsp3) is 0.500. The highest BCUT2D eigenvalue weighted by Crippen LogP contribution is 2.20. The SMILES string of the molecule is CCNC(Cc1ccn(C(C)C)n1)c1ccncc1C. The minimum absolute atomic E-state index is 0.290. The number of likely N-dealkylation sites (N-methyl/N-ethyl adjacent to an activating group) is 1. The third kappa shape index (κ3) is 3.45. The van der Waals surface area contributed by atoms with E-state index in [1.807, 2.05) is 17.1 Å². The molecule has 0 radical (unpaired) electrons. The van der Waals surface area contributed by atoms with Crippen LogP contribution in [-0.2, 0) is 6.42 Å². The molecule has 0 bridgehead atoms. The Morgan fingerprint density at radius 1 is 1.30 bits per heavy atom. The van der Waals surface area contributed by atoms with Crippen LogP contribution in [0.5, 0.6) is 0 Å². The third-order valence-corrected chi connectivity index (χ3v) is 3.50. The van der Waals surface area contributed by atoms with Crippen LogP contribution in [0.3, 0.4) is 0 Å². The molecule has 108 valence electrons. The first-order valence-corrected chi connectivity index (χ1v) is 7.29. The van der Waals surface area contributed by atoms with Gasteiger partial charge in [0.2, 0.25) is 0 Å². The van der Waals surface area contributed by atoms with E-state index in [9.17, 15) is 0 Å². The summed E-state index contributed by atoms with van der Waals surface area (Å²) in [5.41, 5.74) is 3.66. The van der Waals surface area contributed by atoms with E-state index in [0.717, 1.165) is 18.7 Å². The lowest BCUT2D eigenvalue weighted by Gasteiger charge is -2.19. The molecular formula is C16H24N4. The normalized spacial score (nSPS) is 12.8. The lowest BCUT2D eigenvalue weighted by molar-refractivity contribution is 0.505. The smallest absolute Gasteiger partial charge is 0.0643 e. The molecule has 2 aromatic heterocycles. The van der Waals surface area contributed by atoms with Crippen LogP contribution in [-0.4, -0.2) is 21.3 Å². The van der Waals surface area contributed by atoms with Crippen molar-refractivity contribution in [2.45, 2.75) is 46.2 Å². The molecule has 2 heterocycles. The number of aryl methyl sites for hydroxylation is 1. The Morgan fingerprint density at radius 2 is 2.10 bits per heavy atom. The van der Waals surface area contributed by atoms with E-state index in [0.29, 0.717) is 12.1 Å². The van der Waals surface area contributed by atoms with Crippen LogP contribution in [0, 0.1) is 6.92 Å². The van der Waals surface area contributed by atoms with E-state index in [1.54, 1.807) is 0 Å². The molecule has 0 amide bonds. The zero-order chi connectivity index (χ0) is 14.5. The summed E-state index contributed by atoms with van der Waals surface area (Å²) in [4.78, 5) is 4.17. The van der Waals surface area contributed by atoms with Crippen molar-refractivity contribution < 1.29 is 0 Å². The highest BCUT2D eigenvalue weighted by Gasteiger charge is 2.15. The van der Waals surface area contributed by atoms with Crippen LogP contribution in [0.25, 0.3) is 0 Å². The van der Waals surface area contributed by atoms with Crippen LogP contribution in [0.1, 0.15) is 49.7 Å². The lowest BCUT2D eigenvalue weighted by Crippen LogP contribution is -2.24. The standard InChI is InChI=1S/C16H24N4/c1-5-18-16(15-6-8-17-11-13(15)4)10-14-7-9-20(19-14)12(2)3/h6-9,11-12,16,18H,5,10H2,1-4H3. The van der Waals surface area contributed by atoms with E-state index in [2.05, 4.69) is 61.4 Å². The zero-order valence-corrected chi connectivity index (χ0v) is 12.8. The number of hydrogen-bond donors (Lipinski definition) is 1. The van der Waals surface area contributed by atoms with Gasteiger partial charge in [0.1, 0.15) is 0 Å². The molecule has 20 heavy (non-hydrogen) atoms. The molecule has 0 saturated heterocycles. The summed E-state index contributed by atoms with van der Waals surface area (Å²) < 4.78 is 2.01. The van der Waals surface area contributed by atoms with Crippen molar-refractivity contribution in [3.63, 3.8) is 0 Å². The van der Waals surface area contributed by atoms with Crippen molar-refractivity contribution in [1.29, 1.82) is 0 Å². The summed E-state index contributed by atoms with van der Waals surface area (Å²) in [6.45, 7) is 9.48. The first-order chi connectivity index (χ1) is 9.61. The Kier molecular flexibility index (Phi) is 4.90. The fourth-order valence-corrected chi connectivity index (χ4v) is 2.40. The van der Waals surface area contributed by atoms with Crippen molar-refractivity contribution in [3.8, 4) is 0 Å². The molecule has 0 aliphatic carbocycles. The summed E-state index contributed by atoms with van der Waals surface area (Å²) in [5, 5.41) is 8.20. The molecule has 0 fully saturated rings. The van der Waals surface area contributed by atoms with Gasteiger partial charge < -0.3 is 5.32 Å². The molecule has 4 nitrogen and oxygen atoms in total. The van der Waals surface area contributed by atoms with E-state index in [-0.39, 0.29) is 0 Å². The summed E-state index contributed by atoms with van der Waals surface area (Å²) in [7, 11) is 0. The molecule has 1 atom stereocenters. The number of aromatic nitrogens is 3. The van der Waals surface area contributed by atoms with E-state index < -0.39 is 0 Å². The highest BCUT2D eigenvalue weighted by molar-refractivity contribution is 5.26. The number of nitrogens with zero attached hydrogens (tertiary/aromatic N) is 3. The van der Waals surface area contributed by atoms with Crippen LogP contribution in [0.2, 0.25) is 0 Å². The Hall–Kier alpha value is -1.68. The van der Waals surface area contributed by atoms with E-state index >= 15 is 0 Å². The van der Waals surface area contributed by atoms with Crippen LogP contribution < -0.4 is 5.32 Å². The second-order valence-corrected chi connectivity index (χ2v) is 5.43. The maximum Gasteiger partial charge on any atom is 0.0643 e. The van der Waals surface area contributed by atoms with Gasteiger partial charge in [-0.15, -0.1) is 0 Å². The van der Waals surface area contributed by atoms with Gasteiger partial charge in [-0.2, -0.15) is 5.10 Å². The van der Waals surface area contributed by atoms with Crippen molar-refractivity contribution >= 4 is 0 Å². The van der Waals surface area contributed by atoms with Crippen molar-refractivity contribution in [2.24, 2.45) is 0 Å². The Bertz CT molecular complexity index is 545. The summed E-state index contributed by atoms with van der Waals surface area (Å²) >= 11 is 0.